The number of nitrogens with zero attached hydrogens (tertiary/aromatic N) is 3. The first-order valence-corrected chi connectivity index (χ1v) is 7.39. The lowest BCUT2D eigenvalue weighted by atomic mass is 10.1. The van der Waals surface area contributed by atoms with Crippen molar-refractivity contribution in [2.45, 2.75) is 27.4 Å². The lowest BCUT2D eigenvalue weighted by Gasteiger charge is -2.01. The van der Waals surface area contributed by atoms with Gasteiger partial charge in [0, 0.05) is 18.0 Å². The summed E-state index contributed by atoms with van der Waals surface area (Å²) in [6.45, 7) is 5.42. The predicted molar refractivity (Wildman–Crippen MR) is 81.7 cm³/mol. The first-order chi connectivity index (χ1) is 10.5. The third-order valence-electron chi connectivity index (χ3n) is 3.10. The number of esters is 1. The van der Waals surface area contributed by atoms with Gasteiger partial charge in [-0.1, -0.05) is 0 Å². The number of hydrogen-bond acceptors (Lipinski definition) is 8. The van der Waals surface area contributed by atoms with Gasteiger partial charge in [-0.25, -0.2) is 9.78 Å². The number of fused-ring (bicyclic) bond motifs is 1. The number of rotatable bonds is 3. The fourth-order valence-corrected chi connectivity index (χ4v) is 3.32. The average Bonchev–Trinajstić information content (AvgIpc) is 3.00. The summed E-state index contributed by atoms with van der Waals surface area (Å²) in [4.78, 5) is 17.7. The van der Waals surface area contributed by atoms with E-state index < -0.39 is 5.97 Å². The molecule has 2 N–H and O–H groups in total. The van der Waals surface area contributed by atoms with Gasteiger partial charge in [0.05, 0.1) is 5.69 Å². The van der Waals surface area contributed by atoms with Gasteiger partial charge in [-0.15, -0.1) is 21.5 Å². The number of carbonyl (C=O) groups is 1. The molecule has 0 saturated carbocycles. The standard InChI is InChI=1S/C14H14N4O3S/c1-6-4-7(2)16-13-10(6)11(15)12(22-13)14(19)20-5-9-18-17-8(3)21-9/h4H,5,15H2,1-3H3. The summed E-state index contributed by atoms with van der Waals surface area (Å²) in [5, 5.41) is 8.24. The van der Waals surface area contributed by atoms with Gasteiger partial charge in [0.1, 0.15) is 9.71 Å². The first kappa shape index (κ1) is 14.5. The fraction of sp³-hybridized carbons (Fsp3) is 0.286. The molecule has 0 saturated heterocycles. The molecule has 0 unspecified atom stereocenters. The van der Waals surface area contributed by atoms with E-state index in [2.05, 4.69) is 15.2 Å². The van der Waals surface area contributed by atoms with E-state index in [9.17, 15) is 4.79 Å². The van der Waals surface area contributed by atoms with Gasteiger partial charge >= 0.3 is 5.97 Å². The number of nitrogens with two attached hydrogens (primary N) is 1. The van der Waals surface area contributed by atoms with Crippen LogP contribution in [0.2, 0.25) is 0 Å². The van der Waals surface area contributed by atoms with Crippen molar-refractivity contribution < 1.29 is 13.9 Å². The number of anilines is 1. The van der Waals surface area contributed by atoms with Crippen molar-refractivity contribution in [3.05, 3.63) is 34.0 Å². The van der Waals surface area contributed by atoms with Crippen molar-refractivity contribution in [2.75, 3.05) is 5.73 Å². The minimum atomic E-state index is -0.520. The van der Waals surface area contributed by atoms with Crippen LogP contribution in [0.3, 0.4) is 0 Å². The Kier molecular flexibility index (Phi) is 3.53. The van der Waals surface area contributed by atoms with Crippen LogP contribution in [0.4, 0.5) is 5.69 Å². The summed E-state index contributed by atoms with van der Waals surface area (Å²) >= 11 is 1.22. The number of thiophene rings is 1. The molecule has 3 rings (SSSR count). The molecule has 0 bridgehead atoms. The SMILES string of the molecule is Cc1cc(C)c2c(N)c(C(=O)OCc3nnc(C)o3)sc2n1. The van der Waals surface area contributed by atoms with Crippen LogP contribution in [0.25, 0.3) is 10.2 Å². The van der Waals surface area contributed by atoms with Crippen molar-refractivity contribution in [1.29, 1.82) is 0 Å². The Labute approximate surface area is 130 Å². The maximum absolute atomic E-state index is 12.2. The highest BCUT2D eigenvalue weighted by molar-refractivity contribution is 7.21. The average molecular weight is 318 g/mol. The zero-order chi connectivity index (χ0) is 15.9. The van der Waals surface area contributed by atoms with E-state index in [1.807, 2.05) is 19.9 Å². The van der Waals surface area contributed by atoms with E-state index in [1.165, 1.54) is 11.3 Å². The van der Waals surface area contributed by atoms with Gasteiger partial charge in [-0.3, -0.25) is 0 Å². The monoisotopic (exact) mass is 318 g/mol. The Bertz CT molecular complexity index is 868. The van der Waals surface area contributed by atoms with Crippen LogP contribution in [0, 0.1) is 20.8 Å². The van der Waals surface area contributed by atoms with Crippen LogP contribution in [0.15, 0.2) is 10.5 Å². The number of nitrogen functional groups attached to an aromatic ring is 1. The lowest BCUT2D eigenvalue weighted by Crippen LogP contribution is -2.06. The van der Waals surface area contributed by atoms with E-state index in [0.29, 0.717) is 16.5 Å². The van der Waals surface area contributed by atoms with Crippen LogP contribution in [0.5, 0.6) is 0 Å². The number of carbonyl (C=O) groups excluding carboxylic acids is 1. The minimum absolute atomic E-state index is 0.0845. The van der Waals surface area contributed by atoms with Crippen molar-refractivity contribution in [3.8, 4) is 0 Å². The second-order valence-corrected chi connectivity index (χ2v) is 5.90. The molecule has 7 nitrogen and oxygen atoms in total. The number of aromatic nitrogens is 3. The number of pyridine rings is 1. The molecule has 0 spiro atoms. The van der Waals surface area contributed by atoms with E-state index >= 15 is 0 Å². The molecule has 8 heteroatoms. The Morgan fingerprint density at radius 2 is 2.14 bits per heavy atom. The molecule has 0 aromatic carbocycles. The highest BCUT2D eigenvalue weighted by Gasteiger charge is 2.20. The maximum atomic E-state index is 12.2. The zero-order valence-corrected chi connectivity index (χ0v) is 13.2. The summed E-state index contributed by atoms with van der Waals surface area (Å²) in [7, 11) is 0. The van der Waals surface area contributed by atoms with Crippen molar-refractivity contribution >= 4 is 33.2 Å². The Morgan fingerprint density at radius 1 is 1.36 bits per heavy atom. The van der Waals surface area contributed by atoms with Crippen molar-refractivity contribution in [3.63, 3.8) is 0 Å². The summed E-state index contributed by atoms with van der Waals surface area (Å²) in [6, 6.07) is 1.93. The van der Waals surface area contributed by atoms with Gasteiger partial charge in [0.2, 0.25) is 5.89 Å². The van der Waals surface area contributed by atoms with E-state index in [0.717, 1.165) is 21.5 Å². The Morgan fingerprint density at radius 3 is 2.82 bits per heavy atom. The molecule has 0 fully saturated rings. The fourth-order valence-electron chi connectivity index (χ4n) is 2.21. The van der Waals surface area contributed by atoms with Gasteiger partial charge in [0.25, 0.3) is 5.89 Å². The van der Waals surface area contributed by atoms with Gasteiger partial charge in [-0.2, -0.15) is 0 Å². The lowest BCUT2D eigenvalue weighted by molar-refractivity contribution is 0.0444. The zero-order valence-electron chi connectivity index (χ0n) is 12.3. The molecule has 0 atom stereocenters. The van der Waals surface area contributed by atoms with Crippen LogP contribution >= 0.6 is 11.3 Å². The summed E-state index contributed by atoms with van der Waals surface area (Å²) in [5.41, 5.74) is 8.35. The van der Waals surface area contributed by atoms with Crippen LogP contribution in [-0.2, 0) is 11.3 Å². The first-order valence-electron chi connectivity index (χ1n) is 6.58. The minimum Gasteiger partial charge on any atom is -0.451 e. The second kappa shape index (κ2) is 5.38. The molecule has 3 aromatic rings. The molecule has 3 aromatic heterocycles. The second-order valence-electron chi connectivity index (χ2n) is 4.90. The predicted octanol–water partition coefficient (Wildman–Crippen LogP) is 2.54. The molecule has 0 aliphatic rings. The summed E-state index contributed by atoms with van der Waals surface area (Å²) in [5.74, 6) is 0.145. The number of hydrogen-bond donors (Lipinski definition) is 1. The normalized spacial score (nSPS) is 11.0. The number of ether oxygens (including phenoxy) is 1. The van der Waals surface area contributed by atoms with Gasteiger partial charge in [0.15, 0.2) is 6.61 Å². The molecular weight excluding hydrogens is 304 g/mol. The van der Waals surface area contributed by atoms with Crippen LogP contribution < -0.4 is 5.73 Å². The quantitative estimate of drug-likeness (QED) is 0.740. The topological polar surface area (TPSA) is 104 Å². The molecule has 0 aliphatic heterocycles. The van der Waals surface area contributed by atoms with Gasteiger partial charge < -0.3 is 14.9 Å². The molecule has 0 radical (unpaired) electrons. The van der Waals surface area contributed by atoms with Crippen LogP contribution in [0.1, 0.15) is 32.7 Å². The summed E-state index contributed by atoms with van der Waals surface area (Å²) in [6.07, 6.45) is 0. The highest BCUT2D eigenvalue weighted by atomic mass is 32.1. The smallest absolute Gasteiger partial charge is 0.351 e. The molecule has 3 heterocycles. The Balaban J connectivity index is 1.87. The van der Waals surface area contributed by atoms with Crippen LogP contribution in [-0.4, -0.2) is 21.2 Å². The molecule has 0 amide bonds. The molecule has 114 valence electrons. The number of aryl methyl sites for hydroxylation is 3. The van der Waals surface area contributed by atoms with Crippen molar-refractivity contribution in [1.82, 2.24) is 15.2 Å². The Hall–Kier alpha value is -2.48. The summed E-state index contributed by atoms with van der Waals surface area (Å²) < 4.78 is 10.3. The molecular formula is C14H14N4O3S. The highest BCUT2D eigenvalue weighted by Crippen LogP contribution is 2.35. The van der Waals surface area contributed by atoms with E-state index in [4.69, 9.17) is 14.9 Å². The maximum Gasteiger partial charge on any atom is 0.351 e. The van der Waals surface area contributed by atoms with Crippen molar-refractivity contribution in [2.24, 2.45) is 0 Å². The van der Waals surface area contributed by atoms with Gasteiger partial charge in [-0.05, 0) is 25.5 Å². The third kappa shape index (κ3) is 2.52. The molecule has 0 aliphatic carbocycles. The third-order valence-corrected chi connectivity index (χ3v) is 4.18. The van der Waals surface area contributed by atoms with E-state index in [1.54, 1.807) is 6.92 Å². The largest absolute Gasteiger partial charge is 0.451 e. The molecule has 22 heavy (non-hydrogen) atoms. The van der Waals surface area contributed by atoms with E-state index in [-0.39, 0.29) is 12.5 Å².